The van der Waals surface area contributed by atoms with Crippen LogP contribution in [0.25, 0.3) is 0 Å². The van der Waals surface area contributed by atoms with Crippen molar-refractivity contribution in [2.75, 3.05) is 14.2 Å². The van der Waals surface area contributed by atoms with Crippen molar-refractivity contribution in [3.63, 3.8) is 0 Å². The fourth-order valence-corrected chi connectivity index (χ4v) is 1.49. The van der Waals surface area contributed by atoms with Crippen molar-refractivity contribution in [1.82, 2.24) is 0 Å². The molecule has 1 N–H and O–H groups in total. The van der Waals surface area contributed by atoms with Gasteiger partial charge in [0.05, 0.1) is 12.5 Å². The third kappa shape index (κ3) is 2.87. The van der Waals surface area contributed by atoms with E-state index in [-0.39, 0.29) is 0 Å². The second kappa shape index (κ2) is 5.33. The van der Waals surface area contributed by atoms with Crippen LogP contribution in [0.15, 0.2) is 16.5 Å². The number of aliphatic hydroxyl groups excluding tert-OH is 1. The van der Waals surface area contributed by atoms with Crippen molar-refractivity contribution in [2.45, 2.75) is 32.0 Å². The van der Waals surface area contributed by atoms with Crippen molar-refractivity contribution in [3.8, 4) is 0 Å². The summed E-state index contributed by atoms with van der Waals surface area (Å²) in [6.45, 7) is 3.78. The first-order valence-electron chi connectivity index (χ1n) is 5.27. The van der Waals surface area contributed by atoms with E-state index in [0.717, 1.165) is 0 Å². The Morgan fingerprint density at radius 3 is 2.65 bits per heavy atom. The third-order valence-electron chi connectivity index (χ3n) is 2.69. The lowest BCUT2D eigenvalue weighted by atomic mass is 9.84. The van der Waals surface area contributed by atoms with Crippen LogP contribution in [-0.2, 0) is 26.3 Å². The monoisotopic (exact) mass is 242 g/mol. The van der Waals surface area contributed by atoms with E-state index in [1.807, 2.05) is 0 Å². The smallest absolute Gasteiger partial charge is 0.335 e. The normalized spacial score (nSPS) is 13.5. The summed E-state index contributed by atoms with van der Waals surface area (Å²) in [6.07, 6.45) is -1.27. The Hall–Kier alpha value is -1.33. The van der Waals surface area contributed by atoms with Crippen LogP contribution in [0, 0.1) is 0 Å². The molecule has 0 spiro atoms. The summed E-state index contributed by atoms with van der Waals surface area (Å²) in [5.41, 5.74) is -0.848. The molecule has 0 bridgehead atoms. The average Bonchev–Trinajstić information content (AvgIpc) is 2.76. The maximum Gasteiger partial charge on any atom is 0.335 e. The number of esters is 1. The molecule has 0 aliphatic carbocycles. The molecule has 0 fully saturated rings. The molecule has 1 aromatic rings. The summed E-state index contributed by atoms with van der Waals surface area (Å²) in [4.78, 5) is 11.3. The van der Waals surface area contributed by atoms with Crippen molar-refractivity contribution in [3.05, 3.63) is 23.7 Å². The second-order valence-corrected chi connectivity index (χ2v) is 4.35. The standard InChI is InChI=1S/C12H18O5/c1-12(2,10(13)11(14)16-4)9-6-5-8(17-9)7-15-3/h5-6,10,13H,7H2,1-4H3. The first-order valence-corrected chi connectivity index (χ1v) is 5.27. The molecular formula is C12H18O5. The minimum Gasteiger partial charge on any atom is -0.467 e. The van der Waals surface area contributed by atoms with Crippen LogP contribution in [0.4, 0.5) is 0 Å². The summed E-state index contributed by atoms with van der Waals surface area (Å²) in [7, 11) is 2.80. The zero-order chi connectivity index (χ0) is 13.1. The lowest BCUT2D eigenvalue weighted by Gasteiger charge is -2.26. The Morgan fingerprint density at radius 1 is 1.47 bits per heavy atom. The summed E-state index contributed by atoms with van der Waals surface area (Å²) in [5, 5.41) is 9.87. The number of aliphatic hydroxyl groups is 1. The Labute approximate surface area is 100 Å². The fourth-order valence-electron chi connectivity index (χ4n) is 1.49. The van der Waals surface area contributed by atoms with Gasteiger partial charge in [0, 0.05) is 7.11 Å². The van der Waals surface area contributed by atoms with Crippen molar-refractivity contribution in [1.29, 1.82) is 0 Å². The SMILES string of the molecule is COCc1ccc(C(C)(C)C(O)C(=O)OC)o1. The van der Waals surface area contributed by atoms with Crippen LogP contribution in [0.5, 0.6) is 0 Å². The molecule has 1 heterocycles. The molecule has 0 aromatic carbocycles. The Kier molecular flexibility index (Phi) is 4.31. The van der Waals surface area contributed by atoms with Crippen LogP contribution in [0.3, 0.4) is 0 Å². The lowest BCUT2D eigenvalue weighted by molar-refractivity contribution is -0.154. The van der Waals surface area contributed by atoms with Gasteiger partial charge >= 0.3 is 5.97 Å². The molecule has 1 rings (SSSR count). The van der Waals surface area contributed by atoms with E-state index in [9.17, 15) is 9.90 Å². The van der Waals surface area contributed by atoms with Gasteiger partial charge < -0.3 is 19.0 Å². The van der Waals surface area contributed by atoms with Crippen molar-refractivity contribution >= 4 is 5.97 Å². The molecule has 0 saturated carbocycles. The van der Waals surface area contributed by atoms with Crippen molar-refractivity contribution < 1.29 is 23.8 Å². The van der Waals surface area contributed by atoms with Crippen LogP contribution >= 0.6 is 0 Å². The molecule has 1 atom stereocenters. The quantitative estimate of drug-likeness (QED) is 0.787. The van der Waals surface area contributed by atoms with E-state index < -0.39 is 17.5 Å². The van der Waals surface area contributed by atoms with Gasteiger partial charge in [0.15, 0.2) is 6.10 Å². The van der Waals surface area contributed by atoms with Gasteiger partial charge in [0.2, 0.25) is 0 Å². The van der Waals surface area contributed by atoms with E-state index in [2.05, 4.69) is 4.74 Å². The largest absolute Gasteiger partial charge is 0.467 e. The Bertz CT molecular complexity index is 380. The molecule has 1 unspecified atom stereocenters. The summed E-state index contributed by atoms with van der Waals surface area (Å²) in [5.74, 6) is 0.481. The molecule has 0 radical (unpaired) electrons. The highest BCUT2D eigenvalue weighted by Gasteiger charge is 2.38. The number of rotatable bonds is 5. The fraction of sp³-hybridized carbons (Fsp3) is 0.583. The van der Waals surface area contributed by atoms with E-state index in [0.29, 0.717) is 18.1 Å². The van der Waals surface area contributed by atoms with Crippen LogP contribution in [0.2, 0.25) is 0 Å². The number of hydrogen-bond donors (Lipinski definition) is 1. The molecular weight excluding hydrogens is 224 g/mol. The topological polar surface area (TPSA) is 68.9 Å². The molecule has 17 heavy (non-hydrogen) atoms. The van der Waals surface area contributed by atoms with E-state index >= 15 is 0 Å². The highest BCUT2D eigenvalue weighted by Crippen LogP contribution is 2.29. The first kappa shape index (κ1) is 13.7. The number of methoxy groups -OCH3 is 2. The predicted octanol–water partition coefficient (Wildman–Crippen LogP) is 1.24. The highest BCUT2D eigenvalue weighted by atomic mass is 16.5. The number of carbonyl (C=O) groups excluding carboxylic acids is 1. The van der Waals surface area contributed by atoms with Gasteiger partial charge in [-0.15, -0.1) is 0 Å². The van der Waals surface area contributed by atoms with Gasteiger partial charge in [-0.25, -0.2) is 4.79 Å². The van der Waals surface area contributed by atoms with Gasteiger partial charge in [-0.1, -0.05) is 0 Å². The van der Waals surface area contributed by atoms with E-state index in [4.69, 9.17) is 9.15 Å². The second-order valence-electron chi connectivity index (χ2n) is 4.35. The van der Waals surface area contributed by atoms with Gasteiger partial charge in [-0.3, -0.25) is 0 Å². The van der Waals surface area contributed by atoms with Gasteiger partial charge in [0.1, 0.15) is 18.1 Å². The molecule has 1 aromatic heterocycles. The average molecular weight is 242 g/mol. The Morgan fingerprint density at radius 2 is 2.12 bits per heavy atom. The van der Waals surface area contributed by atoms with Crippen molar-refractivity contribution in [2.24, 2.45) is 0 Å². The van der Waals surface area contributed by atoms with Gasteiger partial charge in [-0.2, -0.15) is 0 Å². The predicted molar refractivity (Wildman–Crippen MR) is 60.5 cm³/mol. The van der Waals surface area contributed by atoms with Crippen LogP contribution in [-0.4, -0.2) is 31.4 Å². The van der Waals surface area contributed by atoms with Gasteiger partial charge in [0.25, 0.3) is 0 Å². The molecule has 96 valence electrons. The molecule has 5 nitrogen and oxygen atoms in total. The number of furan rings is 1. The number of carbonyl (C=O) groups is 1. The molecule has 0 amide bonds. The van der Waals surface area contributed by atoms with E-state index in [1.165, 1.54) is 7.11 Å². The maximum atomic E-state index is 11.3. The summed E-state index contributed by atoms with van der Waals surface area (Å²) < 4.78 is 15.0. The minimum absolute atomic E-state index is 0.352. The zero-order valence-electron chi connectivity index (χ0n) is 10.5. The number of hydrogen-bond acceptors (Lipinski definition) is 5. The van der Waals surface area contributed by atoms with E-state index in [1.54, 1.807) is 33.1 Å². The van der Waals surface area contributed by atoms with Crippen LogP contribution < -0.4 is 0 Å². The lowest BCUT2D eigenvalue weighted by Crippen LogP contribution is -2.40. The van der Waals surface area contributed by atoms with Crippen LogP contribution in [0.1, 0.15) is 25.4 Å². The third-order valence-corrected chi connectivity index (χ3v) is 2.69. The number of ether oxygens (including phenoxy) is 2. The summed E-state index contributed by atoms with van der Waals surface area (Å²) in [6, 6.07) is 3.48. The highest BCUT2D eigenvalue weighted by molar-refractivity contribution is 5.76. The molecule has 0 aliphatic heterocycles. The Balaban J connectivity index is 2.91. The molecule has 0 aliphatic rings. The zero-order valence-corrected chi connectivity index (χ0v) is 10.5. The van der Waals surface area contributed by atoms with Gasteiger partial charge in [-0.05, 0) is 26.0 Å². The minimum atomic E-state index is -1.27. The molecule has 5 heteroatoms. The maximum absolute atomic E-state index is 11.3. The summed E-state index contributed by atoms with van der Waals surface area (Å²) >= 11 is 0. The first-order chi connectivity index (χ1) is 7.93. The molecule has 0 saturated heterocycles.